The van der Waals surface area contributed by atoms with Gasteiger partial charge in [0.05, 0.1) is 5.41 Å². The molecule has 3 unspecified atom stereocenters. The van der Waals surface area contributed by atoms with Crippen molar-refractivity contribution in [3.63, 3.8) is 0 Å². The molecule has 2 bridgehead atoms. The highest BCUT2D eigenvalue weighted by atomic mass is 16.4. The van der Waals surface area contributed by atoms with Crippen LogP contribution in [0.2, 0.25) is 0 Å². The fourth-order valence-electron chi connectivity index (χ4n) is 4.30. The van der Waals surface area contributed by atoms with Crippen LogP contribution in [0, 0.1) is 16.7 Å². The topological polar surface area (TPSA) is 49.3 Å². The molecule has 78 valence electrons. The molecule has 1 heterocycles. The van der Waals surface area contributed by atoms with Crippen molar-refractivity contribution in [2.24, 2.45) is 16.7 Å². The maximum atomic E-state index is 11.5. The molecule has 3 rings (SSSR count). The third kappa shape index (κ3) is 0.800. The Hall–Kier alpha value is -0.570. The highest BCUT2D eigenvalue weighted by Crippen LogP contribution is 2.66. The van der Waals surface area contributed by atoms with E-state index in [0.717, 1.165) is 45.2 Å². The number of nitrogens with one attached hydrogen (secondary N) is 1. The van der Waals surface area contributed by atoms with E-state index in [-0.39, 0.29) is 10.8 Å². The molecule has 2 aliphatic carbocycles. The first kappa shape index (κ1) is 8.72. The third-order valence-electron chi connectivity index (χ3n) is 4.96. The molecule has 2 N–H and O–H groups in total. The first-order valence-corrected chi connectivity index (χ1v) is 5.63. The van der Waals surface area contributed by atoms with Crippen molar-refractivity contribution < 1.29 is 9.90 Å². The molecule has 14 heavy (non-hydrogen) atoms. The van der Waals surface area contributed by atoms with Crippen molar-refractivity contribution in [1.29, 1.82) is 0 Å². The molecule has 3 heteroatoms. The second-order valence-electron chi connectivity index (χ2n) is 5.41. The SMILES string of the molecule is O=C(O)C12CCC(CC13CCNC3)C2. The van der Waals surface area contributed by atoms with Gasteiger partial charge in [0.25, 0.3) is 0 Å². The Kier molecular flexibility index (Phi) is 1.56. The van der Waals surface area contributed by atoms with Gasteiger partial charge in [-0.15, -0.1) is 0 Å². The van der Waals surface area contributed by atoms with Gasteiger partial charge < -0.3 is 10.4 Å². The summed E-state index contributed by atoms with van der Waals surface area (Å²) in [5, 5.41) is 12.8. The quantitative estimate of drug-likeness (QED) is 0.662. The lowest BCUT2D eigenvalue weighted by molar-refractivity contribution is -0.155. The number of fused-ring (bicyclic) bond motifs is 3. The van der Waals surface area contributed by atoms with Gasteiger partial charge in [0.1, 0.15) is 0 Å². The highest BCUT2D eigenvalue weighted by molar-refractivity contribution is 5.77. The summed E-state index contributed by atoms with van der Waals surface area (Å²) in [5.41, 5.74) is -0.247. The molecular formula is C11H17NO2. The van der Waals surface area contributed by atoms with Crippen LogP contribution in [0.15, 0.2) is 0 Å². The summed E-state index contributed by atoms with van der Waals surface area (Å²) in [4.78, 5) is 11.5. The van der Waals surface area contributed by atoms with Gasteiger partial charge in [0, 0.05) is 12.0 Å². The average Bonchev–Trinajstić information content (AvgIpc) is 2.80. The lowest BCUT2D eigenvalue weighted by Crippen LogP contribution is -2.45. The smallest absolute Gasteiger partial charge is 0.310 e. The predicted molar refractivity (Wildman–Crippen MR) is 51.9 cm³/mol. The van der Waals surface area contributed by atoms with Crippen LogP contribution in [0.3, 0.4) is 0 Å². The maximum Gasteiger partial charge on any atom is 0.310 e. The standard InChI is InChI=1S/C11H17NO2/c13-9(14)11-2-1-8(6-11)5-10(11)3-4-12-7-10/h8,12H,1-7H2,(H,13,14). The van der Waals surface area contributed by atoms with E-state index in [2.05, 4.69) is 5.32 Å². The maximum absolute atomic E-state index is 11.5. The summed E-state index contributed by atoms with van der Waals surface area (Å²) in [7, 11) is 0. The molecule has 0 aromatic heterocycles. The molecule has 0 aromatic rings. The van der Waals surface area contributed by atoms with Crippen LogP contribution in [-0.2, 0) is 4.79 Å². The van der Waals surface area contributed by atoms with Crippen molar-refractivity contribution >= 4 is 5.97 Å². The molecular weight excluding hydrogens is 178 g/mol. The van der Waals surface area contributed by atoms with Crippen molar-refractivity contribution in [2.45, 2.75) is 32.1 Å². The van der Waals surface area contributed by atoms with E-state index in [1.807, 2.05) is 0 Å². The van der Waals surface area contributed by atoms with Crippen LogP contribution < -0.4 is 5.32 Å². The number of rotatable bonds is 1. The molecule has 3 nitrogen and oxygen atoms in total. The van der Waals surface area contributed by atoms with E-state index in [1.165, 1.54) is 0 Å². The van der Waals surface area contributed by atoms with E-state index in [9.17, 15) is 9.90 Å². The van der Waals surface area contributed by atoms with E-state index in [4.69, 9.17) is 0 Å². The minimum absolute atomic E-state index is 0.113. The number of carbonyl (C=O) groups is 1. The number of hydrogen-bond acceptors (Lipinski definition) is 2. The summed E-state index contributed by atoms with van der Waals surface area (Å²) >= 11 is 0. The van der Waals surface area contributed by atoms with Crippen molar-refractivity contribution in [3.8, 4) is 0 Å². The fourth-order valence-corrected chi connectivity index (χ4v) is 4.30. The van der Waals surface area contributed by atoms with Gasteiger partial charge in [-0.25, -0.2) is 0 Å². The molecule has 3 fully saturated rings. The molecule has 0 radical (unpaired) electrons. The van der Waals surface area contributed by atoms with Crippen molar-refractivity contribution in [3.05, 3.63) is 0 Å². The van der Waals surface area contributed by atoms with Gasteiger partial charge in [0.15, 0.2) is 0 Å². The van der Waals surface area contributed by atoms with E-state index >= 15 is 0 Å². The van der Waals surface area contributed by atoms with Gasteiger partial charge in [-0.3, -0.25) is 4.79 Å². The molecule has 3 aliphatic rings. The molecule has 2 saturated carbocycles. The lowest BCUT2D eigenvalue weighted by atomic mass is 9.62. The molecule has 3 atom stereocenters. The molecule has 1 saturated heterocycles. The summed E-state index contributed by atoms with van der Waals surface area (Å²) in [5.74, 6) is 0.173. The van der Waals surface area contributed by atoms with Gasteiger partial charge >= 0.3 is 5.97 Å². The van der Waals surface area contributed by atoms with Gasteiger partial charge in [0.2, 0.25) is 0 Å². The fraction of sp³-hybridized carbons (Fsp3) is 0.909. The Morgan fingerprint density at radius 2 is 2.21 bits per heavy atom. The summed E-state index contributed by atoms with van der Waals surface area (Å²) < 4.78 is 0. The van der Waals surface area contributed by atoms with Gasteiger partial charge in [-0.2, -0.15) is 0 Å². The molecule has 1 spiro atoms. The van der Waals surface area contributed by atoms with Gasteiger partial charge in [-0.1, -0.05) is 0 Å². The van der Waals surface area contributed by atoms with Crippen LogP contribution in [0.1, 0.15) is 32.1 Å². The second kappa shape index (κ2) is 2.51. The number of hydrogen-bond donors (Lipinski definition) is 2. The first-order valence-electron chi connectivity index (χ1n) is 5.63. The summed E-state index contributed by atoms with van der Waals surface area (Å²) in [6.07, 6.45) is 5.26. The zero-order chi connectivity index (χ0) is 9.81. The monoisotopic (exact) mass is 195 g/mol. The Morgan fingerprint density at radius 1 is 1.36 bits per heavy atom. The zero-order valence-corrected chi connectivity index (χ0v) is 8.38. The predicted octanol–water partition coefficient (Wildman–Crippen LogP) is 1.24. The largest absolute Gasteiger partial charge is 0.481 e. The summed E-state index contributed by atoms with van der Waals surface area (Å²) in [6.45, 7) is 1.96. The van der Waals surface area contributed by atoms with Crippen LogP contribution >= 0.6 is 0 Å². The van der Waals surface area contributed by atoms with Crippen LogP contribution in [0.4, 0.5) is 0 Å². The van der Waals surface area contributed by atoms with E-state index in [1.54, 1.807) is 0 Å². The Balaban J connectivity index is 2.03. The molecule has 1 aliphatic heterocycles. The molecule has 0 aromatic carbocycles. The Bertz CT molecular complexity index is 283. The van der Waals surface area contributed by atoms with Crippen molar-refractivity contribution in [1.82, 2.24) is 5.32 Å². The number of carboxylic acid groups (broad SMARTS) is 1. The number of aliphatic carboxylic acids is 1. The Labute approximate surface area is 83.9 Å². The van der Waals surface area contributed by atoms with Crippen LogP contribution in [0.5, 0.6) is 0 Å². The average molecular weight is 195 g/mol. The molecule has 0 amide bonds. The minimum atomic E-state index is -0.527. The van der Waals surface area contributed by atoms with Crippen molar-refractivity contribution in [2.75, 3.05) is 13.1 Å². The third-order valence-corrected chi connectivity index (χ3v) is 4.96. The first-order chi connectivity index (χ1) is 6.69. The van der Waals surface area contributed by atoms with Crippen LogP contribution in [-0.4, -0.2) is 24.2 Å². The second-order valence-corrected chi connectivity index (χ2v) is 5.41. The van der Waals surface area contributed by atoms with Gasteiger partial charge in [-0.05, 0) is 44.6 Å². The zero-order valence-electron chi connectivity index (χ0n) is 8.38. The highest BCUT2D eigenvalue weighted by Gasteiger charge is 2.65. The minimum Gasteiger partial charge on any atom is -0.481 e. The van der Waals surface area contributed by atoms with Crippen LogP contribution in [0.25, 0.3) is 0 Å². The lowest BCUT2D eigenvalue weighted by Gasteiger charge is -2.40. The summed E-state index contributed by atoms with van der Waals surface area (Å²) in [6, 6.07) is 0. The number of carboxylic acids is 1. The van der Waals surface area contributed by atoms with E-state index < -0.39 is 5.97 Å². The Morgan fingerprint density at radius 3 is 2.79 bits per heavy atom. The van der Waals surface area contributed by atoms with E-state index in [0.29, 0.717) is 5.92 Å². The normalized spacial score (nSPS) is 50.4.